The van der Waals surface area contributed by atoms with Gasteiger partial charge in [-0.25, -0.2) is 0 Å². The molecule has 122 valence electrons. The highest BCUT2D eigenvalue weighted by Crippen LogP contribution is 2.27. The predicted octanol–water partition coefficient (Wildman–Crippen LogP) is 4.14. The zero-order chi connectivity index (χ0) is 16.7. The predicted molar refractivity (Wildman–Crippen MR) is 93.5 cm³/mol. The van der Waals surface area contributed by atoms with Crippen LogP contribution in [0.1, 0.15) is 37.3 Å². The molecule has 3 heteroatoms. The summed E-state index contributed by atoms with van der Waals surface area (Å²) in [6.45, 7) is 4.72. The first kappa shape index (κ1) is 17.1. The number of ether oxygens (including phenoxy) is 1. The van der Waals surface area contributed by atoms with Crippen LogP contribution in [0.15, 0.2) is 54.6 Å². The molecule has 0 saturated heterocycles. The number of methoxy groups -OCH3 is 1. The molecule has 0 saturated carbocycles. The fourth-order valence-corrected chi connectivity index (χ4v) is 2.78. The molecule has 2 aromatic rings. The third-order valence-corrected chi connectivity index (χ3v) is 4.30. The summed E-state index contributed by atoms with van der Waals surface area (Å²) >= 11 is 0. The van der Waals surface area contributed by atoms with Gasteiger partial charge in [-0.15, -0.1) is 0 Å². The van der Waals surface area contributed by atoms with Gasteiger partial charge in [-0.1, -0.05) is 68.8 Å². The van der Waals surface area contributed by atoms with Crippen LogP contribution < -0.4 is 10.1 Å². The van der Waals surface area contributed by atoms with E-state index in [0.717, 1.165) is 23.3 Å². The van der Waals surface area contributed by atoms with Crippen molar-refractivity contribution in [3.63, 3.8) is 0 Å². The molecule has 23 heavy (non-hydrogen) atoms. The number of rotatable bonds is 7. The van der Waals surface area contributed by atoms with Gasteiger partial charge in [0.25, 0.3) is 0 Å². The minimum absolute atomic E-state index is 0.0662. The van der Waals surface area contributed by atoms with Crippen molar-refractivity contribution in [2.24, 2.45) is 5.92 Å². The fraction of sp³-hybridized carbons (Fsp3) is 0.350. The van der Waals surface area contributed by atoms with Crippen LogP contribution in [0.2, 0.25) is 0 Å². The number of benzene rings is 2. The van der Waals surface area contributed by atoms with Crippen LogP contribution in [0.3, 0.4) is 0 Å². The second-order valence-corrected chi connectivity index (χ2v) is 5.80. The minimum atomic E-state index is -0.129. The van der Waals surface area contributed by atoms with E-state index in [4.69, 9.17) is 4.74 Å². The largest absolute Gasteiger partial charge is 0.496 e. The number of para-hydroxylation sites is 1. The number of carbonyl (C=O) groups is 1. The van der Waals surface area contributed by atoms with Gasteiger partial charge >= 0.3 is 0 Å². The Morgan fingerprint density at radius 2 is 1.74 bits per heavy atom. The topological polar surface area (TPSA) is 38.3 Å². The first-order valence-corrected chi connectivity index (χ1v) is 8.12. The lowest BCUT2D eigenvalue weighted by Crippen LogP contribution is -2.32. The summed E-state index contributed by atoms with van der Waals surface area (Å²) in [5.74, 6) is 1.02. The Morgan fingerprint density at radius 1 is 1.09 bits per heavy atom. The molecule has 1 N–H and O–H groups in total. The smallest absolute Gasteiger partial charge is 0.228 e. The van der Waals surface area contributed by atoms with Crippen molar-refractivity contribution in [3.05, 3.63) is 65.7 Å². The van der Waals surface area contributed by atoms with Crippen LogP contribution in [0.25, 0.3) is 0 Å². The maximum atomic E-state index is 12.8. The number of carbonyl (C=O) groups excluding carboxylic acids is 1. The van der Waals surface area contributed by atoms with Crippen LogP contribution in [0, 0.1) is 5.92 Å². The van der Waals surface area contributed by atoms with Crippen LogP contribution in [-0.4, -0.2) is 13.0 Å². The maximum absolute atomic E-state index is 12.8. The van der Waals surface area contributed by atoms with E-state index in [1.165, 1.54) is 0 Å². The molecule has 0 bridgehead atoms. The summed E-state index contributed by atoms with van der Waals surface area (Å²) in [7, 11) is 1.65. The molecule has 2 unspecified atom stereocenters. The molecular weight excluding hydrogens is 286 g/mol. The molecule has 0 aromatic heterocycles. The maximum Gasteiger partial charge on any atom is 0.228 e. The molecule has 0 heterocycles. The molecular formula is C20H25NO2. The highest BCUT2D eigenvalue weighted by Gasteiger charge is 2.25. The first-order valence-electron chi connectivity index (χ1n) is 8.12. The van der Waals surface area contributed by atoms with Gasteiger partial charge < -0.3 is 10.1 Å². The van der Waals surface area contributed by atoms with Gasteiger partial charge in [-0.05, 0) is 17.5 Å². The highest BCUT2D eigenvalue weighted by molar-refractivity contribution is 5.84. The van der Waals surface area contributed by atoms with Crippen LogP contribution in [0.5, 0.6) is 5.75 Å². The lowest BCUT2D eigenvalue weighted by atomic mass is 9.85. The Balaban J connectivity index is 2.12. The van der Waals surface area contributed by atoms with Gasteiger partial charge in [0.1, 0.15) is 5.75 Å². The lowest BCUT2D eigenvalue weighted by molar-refractivity contribution is -0.123. The third kappa shape index (κ3) is 4.35. The van der Waals surface area contributed by atoms with Crippen molar-refractivity contribution in [1.82, 2.24) is 5.32 Å². The summed E-state index contributed by atoms with van der Waals surface area (Å²) in [6.07, 6.45) is 0.960. The molecule has 0 radical (unpaired) electrons. The third-order valence-electron chi connectivity index (χ3n) is 4.30. The van der Waals surface area contributed by atoms with Gasteiger partial charge in [0, 0.05) is 12.1 Å². The van der Waals surface area contributed by atoms with E-state index in [2.05, 4.69) is 19.2 Å². The van der Waals surface area contributed by atoms with E-state index in [9.17, 15) is 4.79 Å². The van der Waals surface area contributed by atoms with Crippen molar-refractivity contribution in [2.45, 2.75) is 32.7 Å². The van der Waals surface area contributed by atoms with Crippen LogP contribution in [0.4, 0.5) is 0 Å². The monoisotopic (exact) mass is 311 g/mol. The molecule has 0 spiro atoms. The van der Waals surface area contributed by atoms with Crippen molar-refractivity contribution in [1.29, 1.82) is 0 Å². The Kier molecular flexibility index (Phi) is 6.21. The van der Waals surface area contributed by atoms with Gasteiger partial charge in [0.2, 0.25) is 5.91 Å². The standard InChI is InChI=1S/C20H25NO2/c1-4-15(2)19(16-10-6-5-7-11-16)20(22)21-14-17-12-8-9-13-18(17)23-3/h5-13,15,19H,4,14H2,1-3H3,(H,21,22). The van der Waals surface area contributed by atoms with Gasteiger partial charge in [-0.3, -0.25) is 4.79 Å². The molecule has 2 atom stereocenters. The Hall–Kier alpha value is -2.29. The molecule has 0 aliphatic heterocycles. The number of amides is 1. The average Bonchev–Trinajstić information content (AvgIpc) is 2.61. The Labute approximate surface area is 138 Å². The summed E-state index contributed by atoms with van der Waals surface area (Å²) in [4.78, 5) is 12.8. The van der Waals surface area contributed by atoms with E-state index < -0.39 is 0 Å². The Morgan fingerprint density at radius 3 is 2.39 bits per heavy atom. The van der Waals surface area contributed by atoms with E-state index in [1.807, 2.05) is 54.6 Å². The minimum Gasteiger partial charge on any atom is -0.496 e. The van der Waals surface area contributed by atoms with Gasteiger partial charge in [0.05, 0.1) is 13.0 Å². The number of hydrogen-bond donors (Lipinski definition) is 1. The SMILES string of the molecule is CCC(C)C(C(=O)NCc1ccccc1OC)c1ccccc1. The first-order chi connectivity index (χ1) is 11.2. The van der Waals surface area contributed by atoms with Gasteiger partial charge in [0.15, 0.2) is 0 Å². The summed E-state index contributed by atoms with van der Waals surface area (Å²) in [5.41, 5.74) is 2.05. The second kappa shape index (κ2) is 8.37. The van der Waals surface area contributed by atoms with Crippen molar-refractivity contribution >= 4 is 5.91 Å². The highest BCUT2D eigenvalue weighted by atomic mass is 16.5. The van der Waals surface area contributed by atoms with Crippen LogP contribution >= 0.6 is 0 Å². The molecule has 2 rings (SSSR count). The Bertz CT molecular complexity index is 625. The number of nitrogens with one attached hydrogen (secondary N) is 1. The zero-order valence-corrected chi connectivity index (χ0v) is 14.1. The summed E-state index contributed by atoms with van der Waals surface area (Å²) < 4.78 is 5.34. The van der Waals surface area contributed by atoms with Crippen LogP contribution in [-0.2, 0) is 11.3 Å². The second-order valence-electron chi connectivity index (χ2n) is 5.80. The van der Waals surface area contributed by atoms with Crippen molar-refractivity contribution < 1.29 is 9.53 Å². The van der Waals surface area contributed by atoms with Gasteiger partial charge in [-0.2, -0.15) is 0 Å². The molecule has 0 aliphatic rings. The average molecular weight is 311 g/mol. The fourth-order valence-electron chi connectivity index (χ4n) is 2.78. The normalized spacial score (nSPS) is 13.2. The van der Waals surface area contributed by atoms with E-state index >= 15 is 0 Å². The van der Waals surface area contributed by atoms with Crippen molar-refractivity contribution in [2.75, 3.05) is 7.11 Å². The summed E-state index contributed by atoms with van der Waals surface area (Å²) in [5, 5.41) is 3.07. The van der Waals surface area contributed by atoms with E-state index in [-0.39, 0.29) is 17.7 Å². The molecule has 0 fully saturated rings. The number of hydrogen-bond acceptors (Lipinski definition) is 2. The molecule has 0 aliphatic carbocycles. The zero-order valence-electron chi connectivity index (χ0n) is 14.1. The van der Waals surface area contributed by atoms with E-state index in [0.29, 0.717) is 6.54 Å². The molecule has 2 aromatic carbocycles. The van der Waals surface area contributed by atoms with Crippen molar-refractivity contribution in [3.8, 4) is 5.75 Å². The molecule has 3 nitrogen and oxygen atoms in total. The lowest BCUT2D eigenvalue weighted by Gasteiger charge is -2.23. The van der Waals surface area contributed by atoms with E-state index in [1.54, 1.807) is 7.11 Å². The summed E-state index contributed by atoms with van der Waals surface area (Å²) in [6, 6.07) is 17.8. The molecule has 1 amide bonds. The quantitative estimate of drug-likeness (QED) is 0.834.